The van der Waals surface area contributed by atoms with E-state index in [4.69, 9.17) is 4.74 Å². The second-order valence-corrected chi connectivity index (χ2v) is 4.01. The summed E-state index contributed by atoms with van der Waals surface area (Å²) in [6.07, 6.45) is 2.77. The van der Waals surface area contributed by atoms with Crippen LogP contribution in [0.5, 0.6) is 0 Å². The molecule has 2 unspecified atom stereocenters. The smallest absolute Gasteiger partial charge is 0.309 e. The number of aryl methyl sites for hydroxylation is 1. The average Bonchev–Trinajstić information content (AvgIpc) is 2.92. The molecule has 0 amide bonds. The molecule has 1 heterocycles. The minimum absolute atomic E-state index is 0.0628. The summed E-state index contributed by atoms with van der Waals surface area (Å²) in [6.45, 7) is 4.33. The first-order valence-electron chi connectivity index (χ1n) is 5.30. The van der Waals surface area contributed by atoms with E-state index in [2.05, 4.69) is 5.10 Å². The van der Waals surface area contributed by atoms with Gasteiger partial charge in [-0.25, -0.2) is 0 Å². The molecule has 82 valence electrons. The molecule has 0 bridgehead atoms. The van der Waals surface area contributed by atoms with Crippen LogP contribution in [0, 0.1) is 12.8 Å². The second-order valence-electron chi connectivity index (χ2n) is 4.01. The summed E-state index contributed by atoms with van der Waals surface area (Å²) in [5, 5.41) is 4.18. The van der Waals surface area contributed by atoms with Gasteiger partial charge in [0.1, 0.15) is 0 Å². The number of ether oxygens (including phenoxy) is 1. The van der Waals surface area contributed by atoms with Gasteiger partial charge in [-0.15, -0.1) is 0 Å². The molecule has 0 aliphatic heterocycles. The molecule has 0 N–H and O–H groups in total. The molecule has 1 fully saturated rings. The maximum Gasteiger partial charge on any atom is 0.309 e. The van der Waals surface area contributed by atoms with Crippen LogP contribution in [0.2, 0.25) is 0 Å². The van der Waals surface area contributed by atoms with Crippen LogP contribution in [0.25, 0.3) is 0 Å². The number of aromatic nitrogens is 2. The molecular weight excluding hydrogens is 192 g/mol. The highest BCUT2D eigenvalue weighted by Gasteiger charge is 2.46. The van der Waals surface area contributed by atoms with Crippen LogP contribution in [-0.2, 0) is 16.6 Å². The van der Waals surface area contributed by atoms with E-state index in [-0.39, 0.29) is 11.9 Å². The Labute approximate surface area is 89.2 Å². The van der Waals surface area contributed by atoms with Gasteiger partial charge in [0, 0.05) is 18.7 Å². The highest BCUT2D eigenvalue weighted by atomic mass is 16.5. The molecule has 15 heavy (non-hydrogen) atoms. The first kappa shape index (κ1) is 10.2. The van der Waals surface area contributed by atoms with Crippen molar-refractivity contribution >= 4 is 5.97 Å². The Kier molecular flexibility index (Phi) is 2.50. The summed E-state index contributed by atoms with van der Waals surface area (Å²) in [7, 11) is 1.92. The van der Waals surface area contributed by atoms with Crippen molar-refractivity contribution in [2.75, 3.05) is 6.61 Å². The topological polar surface area (TPSA) is 44.1 Å². The molecule has 0 spiro atoms. The summed E-state index contributed by atoms with van der Waals surface area (Å²) < 4.78 is 6.84. The molecule has 2 rings (SSSR count). The van der Waals surface area contributed by atoms with E-state index in [0.717, 1.165) is 12.1 Å². The normalized spacial score (nSPS) is 23.9. The predicted octanol–water partition coefficient (Wildman–Crippen LogP) is 1.40. The Balaban J connectivity index is 2.05. The van der Waals surface area contributed by atoms with Crippen molar-refractivity contribution in [1.82, 2.24) is 9.78 Å². The molecule has 0 saturated heterocycles. The Morgan fingerprint density at radius 3 is 3.00 bits per heavy atom. The molecule has 1 aliphatic carbocycles. The van der Waals surface area contributed by atoms with Gasteiger partial charge >= 0.3 is 5.97 Å². The molecule has 2 atom stereocenters. The van der Waals surface area contributed by atoms with E-state index in [1.165, 1.54) is 5.56 Å². The number of nitrogens with zero attached hydrogens (tertiary/aromatic N) is 2. The van der Waals surface area contributed by atoms with Gasteiger partial charge in [0.25, 0.3) is 0 Å². The highest BCUT2D eigenvalue weighted by Crippen LogP contribution is 2.48. The summed E-state index contributed by atoms with van der Waals surface area (Å²) in [5.74, 6) is 0.330. The molecule has 1 aromatic rings. The third-order valence-corrected chi connectivity index (χ3v) is 3.05. The SMILES string of the molecule is CCOC(=O)C1CC1c1cnn(C)c1C. The van der Waals surface area contributed by atoms with E-state index >= 15 is 0 Å². The van der Waals surface area contributed by atoms with Crippen LogP contribution in [0.3, 0.4) is 0 Å². The zero-order chi connectivity index (χ0) is 11.0. The minimum Gasteiger partial charge on any atom is -0.466 e. The van der Waals surface area contributed by atoms with Gasteiger partial charge in [0.15, 0.2) is 0 Å². The van der Waals surface area contributed by atoms with Gasteiger partial charge in [-0.3, -0.25) is 9.48 Å². The Bertz CT molecular complexity index is 384. The number of hydrogen-bond donors (Lipinski definition) is 0. The van der Waals surface area contributed by atoms with Crippen molar-refractivity contribution < 1.29 is 9.53 Å². The zero-order valence-electron chi connectivity index (χ0n) is 9.36. The Hall–Kier alpha value is -1.32. The van der Waals surface area contributed by atoms with Crippen LogP contribution in [-0.4, -0.2) is 22.4 Å². The molecule has 1 saturated carbocycles. The second kappa shape index (κ2) is 3.68. The fourth-order valence-electron chi connectivity index (χ4n) is 1.93. The van der Waals surface area contributed by atoms with Gasteiger partial charge in [-0.1, -0.05) is 0 Å². The van der Waals surface area contributed by atoms with Crippen molar-refractivity contribution in [2.45, 2.75) is 26.2 Å². The van der Waals surface area contributed by atoms with Gasteiger partial charge in [0.05, 0.1) is 18.7 Å². The van der Waals surface area contributed by atoms with Gasteiger partial charge < -0.3 is 4.74 Å². The van der Waals surface area contributed by atoms with E-state index < -0.39 is 0 Å². The molecule has 0 radical (unpaired) electrons. The maximum absolute atomic E-state index is 11.5. The lowest BCUT2D eigenvalue weighted by atomic mass is 10.1. The molecule has 4 nitrogen and oxygen atoms in total. The molecule has 0 aromatic carbocycles. The summed E-state index contributed by atoms with van der Waals surface area (Å²) >= 11 is 0. The van der Waals surface area contributed by atoms with E-state index in [0.29, 0.717) is 12.5 Å². The standard InChI is InChI=1S/C11H16N2O2/c1-4-15-11(14)9-5-8(9)10-6-12-13(3)7(10)2/h6,8-9H,4-5H2,1-3H3. The molecular formula is C11H16N2O2. The number of hydrogen-bond acceptors (Lipinski definition) is 3. The fraction of sp³-hybridized carbons (Fsp3) is 0.636. The van der Waals surface area contributed by atoms with Gasteiger partial charge in [-0.2, -0.15) is 5.10 Å². The lowest BCUT2D eigenvalue weighted by Gasteiger charge is -2.00. The molecule has 1 aliphatic rings. The zero-order valence-corrected chi connectivity index (χ0v) is 9.36. The lowest BCUT2D eigenvalue weighted by Crippen LogP contribution is -2.07. The fourth-order valence-corrected chi connectivity index (χ4v) is 1.93. The maximum atomic E-state index is 11.5. The molecule has 1 aromatic heterocycles. The summed E-state index contributed by atoms with van der Waals surface area (Å²) in [5.41, 5.74) is 2.34. The van der Waals surface area contributed by atoms with E-state index in [9.17, 15) is 4.79 Å². The van der Waals surface area contributed by atoms with Gasteiger partial charge in [0.2, 0.25) is 0 Å². The van der Waals surface area contributed by atoms with E-state index in [1.54, 1.807) is 0 Å². The largest absolute Gasteiger partial charge is 0.466 e. The Morgan fingerprint density at radius 2 is 2.47 bits per heavy atom. The third-order valence-electron chi connectivity index (χ3n) is 3.05. The number of esters is 1. The number of carbonyl (C=O) groups is 1. The first-order valence-corrected chi connectivity index (χ1v) is 5.30. The summed E-state index contributed by atoms with van der Waals surface area (Å²) in [6, 6.07) is 0. The summed E-state index contributed by atoms with van der Waals surface area (Å²) in [4.78, 5) is 11.5. The minimum atomic E-state index is -0.0641. The monoisotopic (exact) mass is 208 g/mol. The Morgan fingerprint density at radius 1 is 1.73 bits per heavy atom. The van der Waals surface area contributed by atoms with Crippen molar-refractivity contribution in [1.29, 1.82) is 0 Å². The van der Waals surface area contributed by atoms with Crippen LogP contribution in [0.4, 0.5) is 0 Å². The highest BCUT2D eigenvalue weighted by molar-refractivity contribution is 5.77. The molecule has 4 heteroatoms. The predicted molar refractivity (Wildman–Crippen MR) is 55.4 cm³/mol. The first-order chi connectivity index (χ1) is 7.15. The van der Waals surface area contributed by atoms with Crippen molar-refractivity contribution in [3.63, 3.8) is 0 Å². The third kappa shape index (κ3) is 1.76. The lowest BCUT2D eigenvalue weighted by molar-refractivity contribution is -0.144. The van der Waals surface area contributed by atoms with E-state index in [1.807, 2.05) is 31.8 Å². The quantitative estimate of drug-likeness (QED) is 0.705. The number of rotatable bonds is 3. The average molecular weight is 208 g/mol. The van der Waals surface area contributed by atoms with Crippen LogP contribution in [0.1, 0.15) is 30.5 Å². The van der Waals surface area contributed by atoms with Crippen LogP contribution in [0.15, 0.2) is 6.20 Å². The van der Waals surface area contributed by atoms with Crippen molar-refractivity contribution in [3.05, 3.63) is 17.5 Å². The van der Waals surface area contributed by atoms with Crippen LogP contribution >= 0.6 is 0 Å². The van der Waals surface area contributed by atoms with Crippen LogP contribution < -0.4 is 0 Å². The number of carbonyl (C=O) groups excluding carboxylic acids is 1. The van der Waals surface area contributed by atoms with Crippen molar-refractivity contribution in [2.24, 2.45) is 13.0 Å². The van der Waals surface area contributed by atoms with Crippen molar-refractivity contribution in [3.8, 4) is 0 Å². The van der Waals surface area contributed by atoms with Gasteiger partial charge in [-0.05, 0) is 25.8 Å².